The molecule has 0 radical (unpaired) electrons. The van der Waals surface area contributed by atoms with Crippen LogP contribution in [0.25, 0.3) is 0 Å². The van der Waals surface area contributed by atoms with Gasteiger partial charge in [0, 0.05) is 6.04 Å². The van der Waals surface area contributed by atoms with E-state index in [0.29, 0.717) is 6.42 Å². The molecule has 1 aliphatic rings. The number of amides is 1. The number of nitrogens with one attached hydrogen (secondary N) is 1. The number of hydrogen-bond donors (Lipinski definition) is 1. The molecule has 1 amide bonds. The maximum absolute atomic E-state index is 12.5. The highest BCUT2D eigenvalue weighted by molar-refractivity contribution is 5.85. The minimum absolute atomic E-state index is 0.129. The summed E-state index contributed by atoms with van der Waals surface area (Å²) in [5.74, 6) is -0.0670. The summed E-state index contributed by atoms with van der Waals surface area (Å²) in [6.07, 6.45) is -4.05. The van der Waals surface area contributed by atoms with Gasteiger partial charge in [-0.3, -0.25) is 10.1 Å². The van der Waals surface area contributed by atoms with Crippen molar-refractivity contribution in [3.8, 4) is 0 Å². The molecular formula is C13H23F3N2O. The molecule has 0 aromatic heterocycles. The van der Waals surface area contributed by atoms with E-state index in [1.54, 1.807) is 0 Å². The molecule has 1 N–H and O–H groups in total. The first-order valence-electron chi connectivity index (χ1n) is 6.86. The van der Waals surface area contributed by atoms with Crippen LogP contribution < -0.4 is 5.32 Å². The Morgan fingerprint density at radius 3 is 2.32 bits per heavy atom. The van der Waals surface area contributed by atoms with Crippen molar-refractivity contribution in [3.63, 3.8) is 0 Å². The standard InChI is InChI=1S/C13H23F3N2O/c1-5-8(3)11-12(19)18(10(6-2)17-11)9(4)7-13(14,15)16/h8-11,17H,5-7H2,1-4H3. The number of hydrogen-bond acceptors (Lipinski definition) is 2. The summed E-state index contributed by atoms with van der Waals surface area (Å²) in [6, 6.07) is -1.18. The van der Waals surface area contributed by atoms with Crippen LogP contribution in [0.15, 0.2) is 0 Å². The summed E-state index contributed by atoms with van der Waals surface area (Å²) in [4.78, 5) is 13.7. The largest absolute Gasteiger partial charge is 0.391 e. The minimum Gasteiger partial charge on any atom is -0.323 e. The third-order valence-electron chi connectivity index (χ3n) is 3.83. The topological polar surface area (TPSA) is 32.3 Å². The molecule has 1 saturated heterocycles. The second kappa shape index (κ2) is 6.11. The molecule has 112 valence electrons. The number of carbonyl (C=O) groups excluding carboxylic acids is 1. The lowest BCUT2D eigenvalue weighted by molar-refractivity contribution is -0.153. The summed E-state index contributed by atoms with van der Waals surface area (Å²) in [7, 11) is 0. The predicted octanol–water partition coefficient (Wildman–Crippen LogP) is 2.91. The fourth-order valence-corrected chi connectivity index (χ4v) is 2.59. The van der Waals surface area contributed by atoms with Gasteiger partial charge in [0.1, 0.15) is 0 Å². The number of alkyl halides is 3. The molecular weight excluding hydrogens is 257 g/mol. The summed E-state index contributed by atoms with van der Waals surface area (Å²) in [5.41, 5.74) is 0. The van der Waals surface area contributed by atoms with Crippen LogP contribution in [0.4, 0.5) is 13.2 Å². The van der Waals surface area contributed by atoms with E-state index in [4.69, 9.17) is 0 Å². The van der Waals surface area contributed by atoms with Gasteiger partial charge in [-0.2, -0.15) is 13.2 Å². The molecule has 1 aliphatic heterocycles. The number of carbonyl (C=O) groups is 1. The fraction of sp³-hybridized carbons (Fsp3) is 0.923. The summed E-state index contributed by atoms with van der Waals surface area (Å²) in [5, 5.41) is 3.17. The zero-order valence-corrected chi connectivity index (χ0v) is 11.9. The Hall–Kier alpha value is -0.780. The highest BCUT2D eigenvalue weighted by Crippen LogP contribution is 2.29. The predicted molar refractivity (Wildman–Crippen MR) is 67.4 cm³/mol. The summed E-state index contributed by atoms with van der Waals surface area (Å²) >= 11 is 0. The molecule has 6 heteroatoms. The molecule has 0 aliphatic carbocycles. The highest BCUT2D eigenvalue weighted by Gasteiger charge is 2.44. The van der Waals surface area contributed by atoms with Gasteiger partial charge in [0.05, 0.1) is 18.6 Å². The molecule has 0 bridgehead atoms. The van der Waals surface area contributed by atoms with Crippen LogP contribution in [-0.2, 0) is 4.79 Å². The first-order chi connectivity index (χ1) is 8.71. The van der Waals surface area contributed by atoms with E-state index >= 15 is 0 Å². The molecule has 4 atom stereocenters. The van der Waals surface area contributed by atoms with Gasteiger partial charge in [0.2, 0.25) is 5.91 Å². The van der Waals surface area contributed by atoms with E-state index < -0.39 is 18.6 Å². The van der Waals surface area contributed by atoms with Crippen LogP contribution in [0.2, 0.25) is 0 Å². The SMILES string of the molecule is CCC(C)C1NC(CC)N(C(C)CC(F)(F)F)C1=O. The molecule has 0 saturated carbocycles. The van der Waals surface area contributed by atoms with Gasteiger partial charge in [-0.1, -0.05) is 27.2 Å². The number of rotatable bonds is 5. The Balaban J connectivity index is 2.83. The van der Waals surface area contributed by atoms with E-state index in [9.17, 15) is 18.0 Å². The van der Waals surface area contributed by atoms with Gasteiger partial charge in [0.25, 0.3) is 0 Å². The molecule has 1 heterocycles. The van der Waals surface area contributed by atoms with Gasteiger partial charge < -0.3 is 4.90 Å². The maximum atomic E-state index is 12.5. The third-order valence-corrected chi connectivity index (χ3v) is 3.83. The quantitative estimate of drug-likeness (QED) is 0.840. The second-order valence-electron chi connectivity index (χ2n) is 5.37. The molecule has 3 nitrogen and oxygen atoms in total. The summed E-state index contributed by atoms with van der Waals surface area (Å²) < 4.78 is 37.4. The smallest absolute Gasteiger partial charge is 0.323 e. The minimum atomic E-state index is -4.24. The lowest BCUT2D eigenvalue weighted by Gasteiger charge is -2.30. The number of halogens is 3. The van der Waals surface area contributed by atoms with Crippen molar-refractivity contribution in [3.05, 3.63) is 0 Å². The summed E-state index contributed by atoms with van der Waals surface area (Å²) in [6.45, 7) is 7.26. The van der Waals surface area contributed by atoms with Crippen LogP contribution in [0.1, 0.15) is 47.0 Å². The lowest BCUT2D eigenvalue weighted by atomic mass is 9.99. The van der Waals surface area contributed by atoms with Crippen LogP contribution >= 0.6 is 0 Å². The zero-order chi connectivity index (χ0) is 14.8. The molecule has 0 aromatic carbocycles. The third kappa shape index (κ3) is 3.84. The Bertz CT molecular complexity index is 320. The van der Waals surface area contributed by atoms with E-state index in [1.807, 2.05) is 20.8 Å². The average Bonchev–Trinajstić information content (AvgIpc) is 2.63. The van der Waals surface area contributed by atoms with E-state index in [1.165, 1.54) is 11.8 Å². The second-order valence-corrected chi connectivity index (χ2v) is 5.37. The Morgan fingerprint density at radius 1 is 1.32 bits per heavy atom. The molecule has 4 unspecified atom stereocenters. The molecule has 1 fully saturated rings. The van der Waals surface area contributed by atoms with Crippen LogP contribution in [0.5, 0.6) is 0 Å². The Kier molecular flexibility index (Phi) is 5.24. The Labute approximate surface area is 112 Å². The first kappa shape index (κ1) is 16.3. The lowest BCUT2D eigenvalue weighted by Crippen LogP contribution is -2.44. The highest BCUT2D eigenvalue weighted by atomic mass is 19.4. The average molecular weight is 280 g/mol. The van der Waals surface area contributed by atoms with Crippen LogP contribution in [0.3, 0.4) is 0 Å². The van der Waals surface area contributed by atoms with E-state index in [0.717, 1.165) is 6.42 Å². The van der Waals surface area contributed by atoms with Gasteiger partial charge in [-0.25, -0.2) is 0 Å². The zero-order valence-electron chi connectivity index (χ0n) is 11.9. The van der Waals surface area contributed by atoms with Crippen LogP contribution in [0, 0.1) is 5.92 Å². The molecule has 19 heavy (non-hydrogen) atoms. The van der Waals surface area contributed by atoms with Crippen molar-refractivity contribution >= 4 is 5.91 Å². The molecule has 1 rings (SSSR count). The fourth-order valence-electron chi connectivity index (χ4n) is 2.59. The monoisotopic (exact) mass is 280 g/mol. The number of nitrogens with zero attached hydrogens (tertiary/aromatic N) is 1. The van der Waals surface area contributed by atoms with Crippen molar-refractivity contribution in [2.45, 2.75) is 71.4 Å². The van der Waals surface area contributed by atoms with E-state index in [2.05, 4.69) is 5.32 Å². The van der Waals surface area contributed by atoms with Gasteiger partial charge >= 0.3 is 6.18 Å². The van der Waals surface area contributed by atoms with Gasteiger partial charge in [-0.05, 0) is 19.3 Å². The van der Waals surface area contributed by atoms with Crippen molar-refractivity contribution < 1.29 is 18.0 Å². The Morgan fingerprint density at radius 2 is 1.89 bits per heavy atom. The molecule has 0 aromatic rings. The normalized spacial score (nSPS) is 27.7. The van der Waals surface area contributed by atoms with Crippen LogP contribution in [-0.4, -0.2) is 35.2 Å². The van der Waals surface area contributed by atoms with Gasteiger partial charge in [0.15, 0.2) is 0 Å². The van der Waals surface area contributed by atoms with Crippen molar-refractivity contribution in [1.29, 1.82) is 0 Å². The maximum Gasteiger partial charge on any atom is 0.391 e. The van der Waals surface area contributed by atoms with Crippen molar-refractivity contribution in [2.75, 3.05) is 0 Å². The van der Waals surface area contributed by atoms with Gasteiger partial charge in [-0.15, -0.1) is 0 Å². The van der Waals surface area contributed by atoms with Crippen molar-refractivity contribution in [1.82, 2.24) is 10.2 Å². The molecule has 0 spiro atoms. The van der Waals surface area contributed by atoms with Crippen molar-refractivity contribution in [2.24, 2.45) is 5.92 Å². The van der Waals surface area contributed by atoms with E-state index in [-0.39, 0.29) is 24.0 Å². The first-order valence-corrected chi connectivity index (χ1v) is 6.86.